The summed E-state index contributed by atoms with van der Waals surface area (Å²) >= 11 is 3.33. The quantitative estimate of drug-likeness (QED) is 0.899. The van der Waals surface area contributed by atoms with Crippen molar-refractivity contribution in [1.82, 2.24) is 5.32 Å². The van der Waals surface area contributed by atoms with E-state index in [0.717, 1.165) is 11.0 Å². The fraction of sp³-hybridized carbons (Fsp3) is 0.500. The second-order valence-corrected chi connectivity index (χ2v) is 5.41. The summed E-state index contributed by atoms with van der Waals surface area (Å²) in [4.78, 5) is 0. The van der Waals surface area contributed by atoms with Crippen molar-refractivity contribution in [2.45, 2.75) is 13.8 Å². The minimum absolute atomic E-state index is 0.0144. The van der Waals surface area contributed by atoms with Crippen molar-refractivity contribution in [3.05, 3.63) is 28.5 Å². The number of halogens is 2. The van der Waals surface area contributed by atoms with E-state index in [2.05, 4.69) is 35.1 Å². The summed E-state index contributed by atoms with van der Waals surface area (Å²) in [5, 5.41) is 3.10. The highest BCUT2D eigenvalue weighted by Crippen LogP contribution is 2.27. The Morgan fingerprint density at radius 1 is 1.44 bits per heavy atom. The minimum Gasteiger partial charge on any atom is -0.492 e. The van der Waals surface area contributed by atoms with Crippen LogP contribution in [-0.2, 0) is 0 Å². The van der Waals surface area contributed by atoms with Gasteiger partial charge in [0.2, 0.25) is 0 Å². The SMILES string of the molecule is CNCC(C)(C)COc1cc(F)ccc1Br. The summed E-state index contributed by atoms with van der Waals surface area (Å²) in [6.07, 6.45) is 0. The van der Waals surface area contributed by atoms with Crippen LogP contribution in [-0.4, -0.2) is 20.2 Å². The lowest BCUT2D eigenvalue weighted by molar-refractivity contribution is 0.178. The highest BCUT2D eigenvalue weighted by Gasteiger charge is 2.18. The molecule has 16 heavy (non-hydrogen) atoms. The molecule has 1 rings (SSSR count). The van der Waals surface area contributed by atoms with Gasteiger partial charge < -0.3 is 10.1 Å². The zero-order valence-electron chi connectivity index (χ0n) is 9.81. The van der Waals surface area contributed by atoms with E-state index in [9.17, 15) is 4.39 Å². The van der Waals surface area contributed by atoms with E-state index in [1.165, 1.54) is 12.1 Å². The summed E-state index contributed by atoms with van der Waals surface area (Å²) in [5.74, 6) is 0.258. The van der Waals surface area contributed by atoms with Gasteiger partial charge in [0.15, 0.2) is 0 Å². The van der Waals surface area contributed by atoms with E-state index in [-0.39, 0.29) is 11.2 Å². The predicted octanol–water partition coefficient (Wildman–Crippen LogP) is 3.21. The second-order valence-electron chi connectivity index (χ2n) is 4.56. The molecule has 90 valence electrons. The molecule has 0 aliphatic carbocycles. The lowest BCUT2D eigenvalue weighted by Gasteiger charge is -2.24. The van der Waals surface area contributed by atoms with Crippen LogP contribution in [0.2, 0.25) is 0 Å². The normalized spacial score (nSPS) is 11.6. The Morgan fingerprint density at radius 3 is 2.75 bits per heavy atom. The van der Waals surface area contributed by atoms with Crippen molar-refractivity contribution < 1.29 is 9.13 Å². The lowest BCUT2D eigenvalue weighted by Crippen LogP contribution is -2.32. The largest absolute Gasteiger partial charge is 0.492 e. The van der Waals surface area contributed by atoms with Gasteiger partial charge in [0.05, 0.1) is 11.1 Å². The number of benzene rings is 1. The topological polar surface area (TPSA) is 21.3 Å². The molecule has 0 aliphatic heterocycles. The van der Waals surface area contributed by atoms with Gasteiger partial charge in [0.1, 0.15) is 11.6 Å². The van der Waals surface area contributed by atoms with E-state index >= 15 is 0 Å². The maximum Gasteiger partial charge on any atom is 0.136 e. The van der Waals surface area contributed by atoms with Crippen molar-refractivity contribution >= 4 is 15.9 Å². The average Bonchev–Trinajstić information content (AvgIpc) is 2.19. The molecule has 0 radical (unpaired) electrons. The second kappa shape index (κ2) is 5.64. The third-order valence-corrected chi connectivity index (χ3v) is 2.82. The molecule has 0 unspecified atom stereocenters. The van der Waals surface area contributed by atoms with Crippen molar-refractivity contribution in [1.29, 1.82) is 0 Å². The lowest BCUT2D eigenvalue weighted by atomic mass is 9.95. The van der Waals surface area contributed by atoms with E-state index < -0.39 is 0 Å². The van der Waals surface area contributed by atoms with Gasteiger partial charge >= 0.3 is 0 Å². The summed E-state index contributed by atoms with van der Waals surface area (Å²) in [5.41, 5.74) is 0.0144. The van der Waals surface area contributed by atoms with E-state index in [1.807, 2.05) is 7.05 Å². The molecule has 1 aromatic rings. The van der Waals surface area contributed by atoms with Gasteiger partial charge in [-0.3, -0.25) is 0 Å². The zero-order valence-corrected chi connectivity index (χ0v) is 11.4. The zero-order chi connectivity index (χ0) is 12.2. The number of rotatable bonds is 5. The van der Waals surface area contributed by atoms with Gasteiger partial charge in [0, 0.05) is 18.0 Å². The van der Waals surface area contributed by atoms with Crippen LogP contribution in [0, 0.1) is 11.2 Å². The van der Waals surface area contributed by atoms with Crippen molar-refractivity contribution in [2.75, 3.05) is 20.2 Å². The highest BCUT2D eigenvalue weighted by molar-refractivity contribution is 9.10. The van der Waals surface area contributed by atoms with Gasteiger partial charge in [-0.2, -0.15) is 0 Å². The smallest absolute Gasteiger partial charge is 0.136 e. The van der Waals surface area contributed by atoms with Crippen LogP contribution in [0.15, 0.2) is 22.7 Å². The first-order valence-corrected chi connectivity index (χ1v) is 5.96. The van der Waals surface area contributed by atoms with Gasteiger partial charge in [-0.25, -0.2) is 4.39 Å². The molecule has 0 aliphatic rings. The van der Waals surface area contributed by atoms with Crippen LogP contribution in [0.4, 0.5) is 4.39 Å². The molecule has 0 saturated heterocycles. The Bertz CT molecular complexity index is 355. The molecule has 0 atom stereocenters. The Morgan fingerprint density at radius 2 is 2.12 bits per heavy atom. The molecule has 0 fully saturated rings. The average molecular weight is 290 g/mol. The van der Waals surface area contributed by atoms with Crippen LogP contribution in [0.5, 0.6) is 5.75 Å². The number of hydrogen-bond acceptors (Lipinski definition) is 2. The molecule has 2 nitrogen and oxygen atoms in total. The summed E-state index contributed by atoms with van der Waals surface area (Å²) in [7, 11) is 1.90. The fourth-order valence-corrected chi connectivity index (χ4v) is 1.75. The van der Waals surface area contributed by atoms with Gasteiger partial charge in [0.25, 0.3) is 0 Å². The van der Waals surface area contributed by atoms with Crippen LogP contribution in [0.3, 0.4) is 0 Å². The predicted molar refractivity (Wildman–Crippen MR) is 67.3 cm³/mol. The fourth-order valence-electron chi connectivity index (χ4n) is 1.39. The molecule has 0 aromatic heterocycles. The molecule has 0 heterocycles. The molecule has 0 amide bonds. The van der Waals surface area contributed by atoms with Crippen molar-refractivity contribution in [3.63, 3.8) is 0 Å². The van der Waals surface area contributed by atoms with E-state index in [1.54, 1.807) is 6.07 Å². The highest BCUT2D eigenvalue weighted by atomic mass is 79.9. The Labute approximate surface area is 104 Å². The van der Waals surface area contributed by atoms with Crippen LogP contribution in [0.25, 0.3) is 0 Å². The monoisotopic (exact) mass is 289 g/mol. The summed E-state index contributed by atoms with van der Waals surface area (Å²) < 4.78 is 19.4. The Balaban J connectivity index is 2.63. The maximum absolute atomic E-state index is 13.0. The maximum atomic E-state index is 13.0. The third kappa shape index (κ3) is 4.10. The molecule has 4 heteroatoms. The Hall–Kier alpha value is -0.610. The molecule has 0 spiro atoms. The van der Waals surface area contributed by atoms with E-state index in [0.29, 0.717) is 12.4 Å². The molecule has 0 saturated carbocycles. The van der Waals surface area contributed by atoms with Crippen molar-refractivity contribution in [2.24, 2.45) is 5.41 Å². The molecule has 0 bridgehead atoms. The molecular formula is C12H17BrFNO. The molecule has 1 aromatic carbocycles. The number of ether oxygens (including phenoxy) is 1. The first-order valence-electron chi connectivity index (χ1n) is 5.17. The van der Waals surface area contributed by atoms with Gasteiger partial charge in [-0.1, -0.05) is 13.8 Å². The van der Waals surface area contributed by atoms with Crippen LogP contribution >= 0.6 is 15.9 Å². The number of hydrogen-bond donors (Lipinski definition) is 1. The summed E-state index contributed by atoms with van der Waals surface area (Å²) in [6.45, 7) is 5.57. The minimum atomic E-state index is -0.287. The van der Waals surface area contributed by atoms with Crippen molar-refractivity contribution in [3.8, 4) is 5.75 Å². The third-order valence-electron chi connectivity index (χ3n) is 2.17. The standard InChI is InChI=1S/C12H17BrFNO/c1-12(2,7-15-3)8-16-11-6-9(14)4-5-10(11)13/h4-6,15H,7-8H2,1-3H3. The first-order chi connectivity index (χ1) is 7.44. The van der Waals surface area contributed by atoms with Crippen LogP contribution in [0.1, 0.15) is 13.8 Å². The summed E-state index contributed by atoms with van der Waals surface area (Å²) in [6, 6.07) is 4.44. The molecule has 1 N–H and O–H groups in total. The van der Waals surface area contributed by atoms with E-state index in [4.69, 9.17) is 4.74 Å². The first kappa shape index (κ1) is 13.5. The van der Waals surface area contributed by atoms with Gasteiger partial charge in [-0.15, -0.1) is 0 Å². The number of nitrogens with one attached hydrogen (secondary N) is 1. The molecular weight excluding hydrogens is 273 g/mol. The van der Waals surface area contributed by atoms with Gasteiger partial charge in [-0.05, 0) is 35.1 Å². The van der Waals surface area contributed by atoms with Crippen LogP contribution < -0.4 is 10.1 Å². The Kier molecular flexibility index (Phi) is 4.74.